The fourth-order valence-electron chi connectivity index (χ4n) is 3.37. The summed E-state index contributed by atoms with van der Waals surface area (Å²) in [6.07, 6.45) is 0. The molecule has 0 saturated carbocycles. The van der Waals surface area contributed by atoms with Crippen LogP contribution in [0.1, 0.15) is 17.2 Å². The van der Waals surface area contributed by atoms with E-state index in [-0.39, 0.29) is 37.7 Å². The molecular weight excluding hydrogens is 393 g/mol. The fourth-order valence-corrected chi connectivity index (χ4v) is 3.37. The first-order valence-electron chi connectivity index (χ1n) is 9.34. The molecule has 3 rings (SSSR count). The van der Waals surface area contributed by atoms with Crippen LogP contribution in [0.25, 0.3) is 5.76 Å². The molecule has 1 unspecified atom stereocenters. The number of ketones is 1. The van der Waals surface area contributed by atoms with Crippen LogP contribution in [0, 0.1) is 5.82 Å². The largest absolute Gasteiger partial charge is 0.507 e. The minimum absolute atomic E-state index is 0.0329. The van der Waals surface area contributed by atoms with Crippen LogP contribution in [0.15, 0.2) is 54.1 Å². The Hall–Kier alpha value is -3.23. The zero-order valence-electron chi connectivity index (χ0n) is 16.4. The van der Waals surface area contributed by atoms with Gasteiger partial charge in [-0.25, -0.2) is 4.39 Å². The van der Waals surface area contributed by atoms with Gasteiger partial charge in [0.2, 0.25) is 0 Å². The number of halogens is 1. The highest BCUT2D eigenvalue weighted by molar-refractivity contribution is 6.46. The second kappa shape index (κ2) is 9.51. The van der Waals surface area contributed by atoms with Crippen molar-refractivity contribution in [1.29, 1.82) is 0 Å². The first-order chi connectivity index (χ1) is 14.5. The number of hydrogen-bond acceptors (Lipinski definition) is 6. The van der Waals surface area contributed by atoms with Crippen molar-refractivity contribution in [3.8, 4) is 5.75 Å². The number of rotatable bonds is 8. The van der Waals surface area contributed by atoms with E-state index < -0.39 is 23.5 Å². The summed E-state index contributed by atoms with van der Waals surface area (Å²) < 4.78 is 24.2. The number of Topliss-reactive ketones (excluding diaryl/α,β-unsaturated/α-hetero) is 1. The molecule has 7 nitrogen and oxygen atoms in total. The number of carbonyl (C=O) groups is 2. The zero-order valence-corrected chi connectivity index (χ0v) is 16.4. The van der Waals surface area contributed by atoms with Crippen LogP contribution in [0.5, 0.6) is 5.75 Å². The van der Waals surface area contributed by atoms with Gasteiger partial charge in [0, 0.05) is 12.1 Å². The molecule has 0 spiro atoms. The SMILES string of the molecule is COc1ccc(C(O)=C2C(=O)C(=O)N(CCOCCO)C2c2cccc(F)c2)cc1. The Morgan fingerprint density at radius 3 is 2.50 bits per heavy atom. The van der Waals surface area contributed by atoms with Crippen molar-refractivity contribution in [2.24, 2.45) is 0 Å². The molecule has 0 bridgehead atoms. The van der Waals surface area contributed by atoms with Gasteiger partial charge in [0.05, 0.1) is 38.5 Å². The van der Waals surface area contributed by atoms with Gasteiger partial charge in [-0.3, -0.25) is 9.59 Å². The molecular formula is C22H22FNO6. The number of hydrogen-bond donors (Lipinski definition) is 2. The molecule has 2 aromatic rings. The standard InChI is InChI=1S/C22H22FNO6/c1-29-17-7-5-14(6-8-17)20(26)18-19(15-3-2-4-16(23)13-15)24(22(28)21(18)27)9-11-30-12-10-25/h2-8,13,19,25-26H,9-12H2,1H3. The average molecular weight is 415 g/mol. The second-order valence-corrected chi connectivity index (χ2v) is 6.61. The van der Waals surface area contributed by atoms with Crippen LogP contribution in [-0.2, 0) is 14.3 Å². The second-order valence-electron chi connectivity index (χ2n) is 6.61. The molecule has 0 radical (unpaired) electrons. The summed E-state index contributed by atoms with van der Waals surface area (Å²) in [7, 11) is 1.50. The van der Waals surface area contributed by atoms with Gasteiger partial charge in [-0.15, -0.1) is 0 Å². The lowest BCUT2D eigenvalue weighted by atomic mass is 9.95. The van der Waals surface area contributed by atoms with E-state index in [4.69, 9.17) is 14.6 Å². The van der Waals surface area contributed by atoms with Crippen molar-refractivity contribution < 1.29 is 33.7 Å². The lowest BCUT2D eigenvalue weighted by Gasteiger charge is -2.25. The maximum atomic E-state index is 13.9. The Morgan fingerprint density at radius 2 is 1.87 bits per heavy atom. The number of aliphatic hydroxyl groups is 2. The molecule has 2 aromatic carbocycles. The molecule has 1 aliphatic rings. The summed E-state index contributed by atoms with van der Waals surface area (Å²) in [5.74, 6) is -2.00. The van der Waals surface area contributed by atoms with Crippen LogP contribution in [0.2, 0.25) is 0 Å². The topological polar surface area (TPSA) is 96.3 Å². The van der Waals surface area contributed by atoms with E-state index in [1.54, 1.807) is 30.3 Å². The van der Waals surface area contributed by atoms with Crippen molar-refractivity contribution in [2.45, 2.75) is 6.04 Å². The van der Waals surface area contributed by atoms with E-state index >= 15 is 0 Å². The van der Waals surface area contributed by atoms with E-state index in [0.717, 1.165) is 0 Å². The predicted molar refractivity (Wildman–Crippen MR) is 106 cm³/mol. The molecule has 158 valence electrons. The number of likely N-dealkylation sites (tertiary alicyclic amines) is 1. The van der Waals surface area contributed by atoms with Crippen molar-refractivity contribution in [3.63, 3.8) is 0 Å². The number of nitrogens with zero attached hydrogens (tertiary/aromatic N) is 1. The number of benzene rings is 2. The highest BCUT2D eigenvalue weighted by Gasteiger charge is 2.46. The third-order valence-electron chi connectivity index (χ3n) is 4.78. The highest BCUT2D eigenvalue weighted by atomic mass is 19.1. The Bertz CT molecular complexity index is 956. The van der Waals surface area contributed by atoms with Crippen molar-refractivity contribution >= 4 is 17.4 Å². The van der Waals surface area contributed by atoms with Crippen LogP contribution in [0.4, 0.5) is 4.39 Å². The number of carbonyl (C=O) groups excluding carboxylic acids is 2. The lowest BCUT2D eigenvalue weighted by molar-refractivity contribution is -0.140. The molecule has 0 aromatic heterocycles. The molecule has 8 heteroatoms. The maximum absolute atomic E-state index is 13.9. The molecule has 1 heterocycles. The minimum atomic E-state index is -0.972. The normalized spacial score (nSPS) is 18.1. The monoisotopic (exact) mass is 415 g/mol. The third kappa shape index (κ3) is 4.34. The molecule has 1 atom stereocenters. The van der Waals surface area contributed by atoms with Gasteiger partial charge in [0.15, 0.2) is 0 Å². The van der Waals surface area contributed by atoms with Crippen molar-refractivity contribution in [3.05, 3.63) is 71.0 Å². The summed E-state index contributed by atoms with van der Waals surface area (Å²) in [5.41, 5.74) is 0.552. The summed E-state index contributed by atoms with van der Waals surface area (Å²) >= 11 is 0. The van der Waals surface area contributed by atoms with E-state index in [1.807, 2.05) is 0 Å². The quantitative estimate of drug-likeness (QED) is 0.297. The molecule has 1 fully saturated rings. The number of aliphatic hydroxyl groups excluding tert-OH is 2. The highest BCUT2D eigenvalue weighted by Crippen LogP contribution is 2.39. The van der Waals surface area contributed by atoms with Gasteiger partial charge >= 0.3 is 0 Å². The third-order valence-corrected chi connectivity index (χ3v) is 4.78. The molecule has 0 aliphatic carbocycles. The predicted octanol–water partition coefficient (Wildman–Crippen LogP) is 2.26. The molecule has 1 amide bonds. The number of ether oxygens (including phenoxy) is 2. The first-order valence-corrected chi connectivity index (χ1v) is 9.34. The number of amides is 1. The van der Waals surface area contributed by atoms with Gasteiger partial charge in [-0.1, -0.05) is 12.1 Å². The van der Waals surface area contributed by atoms with Crippen molar-refractivity contribution in [2.75, 3.05) is 33.5 Å². The van der Waals surface area contributed by atoms with Gasteiger partial charge < -0.3 is 24.6 Å². The fraction of sp³-hybridized carbons (Fsp3) is 0.273. The lowest BCUT2D eigenvalue weighted by Crippen LogP contribution is -2.33. The van der Waals surface area contributed by atoms with E-state index in [0.29, 0.717) is 16.9 Å². The van der Waals surface area contributed by atoms with Crippen LogP contribution in [-0.4, -0.2) is 60.3 Å². The Labute approximate surface area is 173 Å². The molecule has 1 aliphatic heterocycles. The Morgan fingerprint density at radius 1 is 1.13 bits per heavy atom. The van der Waals surface area contributed by atoms with Crippen LogP contribution >= 0.6 is 0 Å². The van der Waals surface area contributed by atoms with Gasteiger partial charge in [-0.05, 0) is 42.0 Å². The van der Waals surface area contributed by atoms with Crippen LogP contribution < -0.4 is 4.74 Å². The summed E-state index contributed by atoms with van der Waals surface area (Å²) in [4.78, 5) is 26.7. The smallest absolute Gasteiger partial charge is 0.295 e. The zero-order chi connectivity index (χ0) is 21.7. The molecule has 30 heavy (non-hydrogen) atoms. The molecule has 1 saturated heterocycles. The molecule has 2 N–H and O–H groups in total. The average Bonchev–Trinajstić information content (AvgIpc) is 3.01. The van der Waals surface area contributed by atoms with Gasteiger partial charge in [0.1, 0.15) is 17.3 Å². The van der Waals surface area contributed by atoms with Gasteiger partial charge in [0.25, 0.3) is 11.7 Å². The Kier molecular flexibility index (Phi) is 6.81. The number of methoxy groups -OCH3 is 1. The maximum Gasteiger partial charge on any atom is 0.295 e. The Balaban J connectivity index is 2.06. The van der Waals surface area contributed by atoms with E-state index in [9.17, 15) is 19.1 Å². The summed E-state index contributed by atoms with van der Waals surface area (Å²) in [6, 6.07) is 10.9. The van der Waals surface area contributed by atoms with Crippen molar-refractivity contribution in [1.82, 2.24) is 4.90 Å². The van der Waals surface area contributed by atoms with Crippen LogP contribution in [0.3, 0.4) is 0 Å². The van der Waals surface area contributed by atoms with E-state index in [2.05, 4.69) is 0 Å². The van der Waals surface area contributed by atoms with Gasteiger partial charge in [-0.2, -0.15) is 0 Å². The summed E-state index contributed by atoms with van der Waals surface area (Å²) in [5, 5.41) is 19.7. The first kappa shape index (κ1) is 21.5. The summed E-state index contributed by atoms with van der Waals surface area (Å²) in [6.45, 7) is 0.0110. The minimum Gasteiger partial charge on any atom is -0.507 e. The van der Waals surface area contributed by atoms with E-state index in [1.165, 1.54) is 30.2 Å².